The fourth-order valence-electron chi connectivity index (χ4n) is 7.12. The van der Waals surface area contributed by atoms with Gasteiger partial charge in [0.1, 0.15) is 17.2 Å². The lowest BCUT2D eigenvalue weighted by Crippen LogP contribution is -2.60. The van der Waals surface area contributed by atoms with Crippen molar-refractivity contribution in [3.63, 3.8) is 0 Å². The molecule has 4 amide bonds. The van der Waals surface area contributed by atoms with E-state index in [2.05, 4.69) is 38.5 Å². The second-order valence-electron chi connectivity index (χ2n) is 10.7. The predicted octanol–water partition coefficient (Wildman–Crippen LogP) is 4.93. The SMILES string of the molecule is COc1cc(O)cc(OC)c1[C@H]1C2=CC[C@@H]3C(=O)N(c4ccc(I)cc4)C(=O)[C@@H]3[C@@H]2C[C@@]2(Cl)C(=O)N(CBr)C(=O)[C@@]12Cl. The van der Waals surface area contributed by atoms with Crippen LogP contribution in [0.25, 0.3) is 0 Å². The van der Waals surface area contributed by atoms with Crippen LogP contribution in [0.15, 0.2) is 48.0 Å². The number of carbonyl (C=O) groups excluding carboxylic acids is 4. The zero-order chi connectivity index (χ0) is 30.3. The second kappa shape index (κ2) is 10.4. The van der Waals surface area contributed by atoms with Crippen molar-refractivity contribution in [2.45, 2.75) is 28.5 Å². The van der Waals surface area contributed by atoms with Gasteiger partial charge in [0, 0.05) is 27.2 Å². The first-order valence-electron chi connectivity index (χ1n) is 13.0. The molecule has 2 saturated heterocycles. The van der Waals surface area contributed by atoms with Crippen molar-refractivity contribution in [3.8, 4) is 17.2 Å². The number of hydrogen-bond donors (Lipinski definition) is 1. The number of hydrogen-bond acceptors (Lipinski definition) is 7. The van der Waals surface area contributed by atoms with E-state index in [1.807, 2.05) is 18.2 Å². The minimum atomic E-state index is -2.03. The van der Waals surface area contributed by atoms with E-state index in [0.717, 1.165) is 8.47 Å². The first-order chi connectivity index (χ1) is 19.9. The molecule has 42 heavy (non-hydrogen) atoms. The number of alkyl halides is 3. The molecule has 220 valence electrons. The summed E-state index contributed by atoms with van der Waals surface area (Å²) >= 11 is 20.0. The van der Waals surface area contributed by atoms with Crippen molar-refractivity contribution in [1.82, 2.24) is 4.90 Å². The van der Waals surface area contributed by atoms with Crippen LogP contribution in [0, 0.1) is 21.3 Å². The predicted molar refractivity (Wildman–Crippen MR) is 166 cm³/mol. The molecule has 2 aromatic carbocycles. The Bertz CT molecular complexity index is 1560. The highest BCUT2D eigenvalue weighted by Gasteiger charge is 2.76. The molecule has 1 N–H and O–H groups in total. The van der Waals surface area contributed by atoms with E-state index in [9.17, 15) is 24.3 Å². The van der Waals surface area contributed by atoms with E-state index in [1.165, 1.54) is 31.3 Å². The van der Waals surface area contributed by atoms with Gasteiger partial charge in [0.15, 0.2) is 9.75 Å². The average Bonchev–Trinajstić information content (AvgIpc) is 3.31. The molecular weight excluding hydrogens is 766 g/mol. The Kier molecular flexibility index (Phi) is 7.34. The van der Waals surface area contributed by atoms with Crippen LogP contribution < -0.4 is 14.4 Å². The van der Waals surface area contributed by atoms with E-state index in [0.29, 0.717) is 16.8 Å². The number of benzene rings is 2. The maximum absolute atomic E-state index is 14.1. The molecule has 2 aromatic rings. The maximum Gasteiger partial charge on any atom is 0.254 e. The van der Waals surface area contributed by atoms with E-state index in [1.54, 1.807) is 12.1 Å². The molecule has 2 aliphatic carbocycles. The molecule has 4 aliphatic rings. The maximum atomic E-state index is 14.1. The summed E-state index contributed by atoms with van der Waals surface area (Å²) in [6.07, 6.45) is 1.91. The van der Waals surface area contributed by atoms with Gasteiger partial charge in [0.25, 0.3) is 11.8 Å². The summed E-state index contributed by atoms with van der Waals surface area (Å²) in [6, 6.07) is 9.79. The summed E-state index contributed by atoms with van der Waals surface area (Å²) in [5.74, 6) is -5.31. The van der Waals surface area contributed by atoms with Crippen molar-refractivity contribution >= 4 is 91.0 Å². The molecule has 9 nitrogen and oxygen atoms in total. The first kappa shape index (κ1) is 29.7. The zero-order valence-corrected chi connectivity index (χ0v) is 27.5. The number of halogens is 4. The summed E-state index contributed by atoms with van der Waals surface area (Å²) in [4.78, 5) is 53.8. The Hall–Kier alpha value is -2.35. The fraction of sp³-hybridized carbons (Fsp3) is 0.379. The quantitative estimate of drug-likeness (QED) is 0.150. The van der Waals surface area contributed by atoms with E-state index >= 15 is 0 Å². The molecule has 6 atom stereocenters. The van der Waals surface area contributed by atoms with Crippen LogP contribution in [-0.2, 0) is 19.2 Å². The number of likely N-dealkylation sites (tertiary alicyclic amines) is 1. The number of rotatable bonds is 5. The number of carbonyl (C=O) groups is 4. The third-order valence-corrected chi connectivity index (χ3v) is 11.6. The molecule has 3 fully saturated rings. The molecule has 0 unspecified atom stereocenters. The Morgan fingerprint density at radius 1 is 1.00 bits per heavy atom. The largest absolute Gasteiger partial charge is 0.508 e. The molecule has 2 aliphatic heterocycles. The van der Waals surface area contributed by atoms with Gasteiger partial charge in [-0.3, -0.25) is 29.0 Å². The molecular formula is C29H24BrCl2IN2O7. The van der Waals surface area contributed by atoms with E-state index in [-0.39, 0.29) is 41.5 Å². The topological polar surface area (TPSA) is 113 Å². The zero-order valence-electron chi connectivity index (χ0n) is 22.3. The Morgan fingerprint density at radius 3 is 2.19 bits per heavy atom. The minimum absolute atomic E-state index is 0.141. The third-order valence-electron chi connectivity index (χ3n) is 8.92. The lowest BCUT2D eigenvalue weighted by Gasteiger charge is -2.51. The monoisotopic (exact) mass is 788 g/mol. The standard InChI is InChI=1S/C29H24BrCl2IN2O7/c1-41-19-9-15(36)10-20(42-2)22(19)23-16-7-8-17-21(25(38)35(24(17)37)14-5-3-13(33)4-6-14)18(16)11-28(31)26(39)34(12-30)27(40)29(23,28)32/h3-7,9-10,17-18,21,23,36H,8,11-12H2,1-2H3/t17-,18+,21-,23+,28+,29-/m0/s1. The normalized spacial score (nSPS) is 32.0. The summed E-state index contributed by atoms with van der Waals surface area (Å²) in [5, 5.41) is 10.4. The van der Waals surface area contributed by atoms with Crippen LogP contribution >= 0.6 is 61.7 Å². The number of amides is 4. The molecule has 0 radical (unpaired) electrons. The summed E-state index contributed by atoms with van der Waals surface area (Å²) in [5.41, 5.74) is 1.21. The Labute approximate surface area is 273 Å². The van der Waals surface area contributed by atoms with Crippen LogP contribution in [0.5, 0.6) is 17.2 Å². The average molecular weight is 790 g/mol. The molecule has 2 heterocycles. The molecule has 0 aromatic heterocycles. The molecule has 0 bridgehead atoms. The molecule has 0 spiro atoms. The lowest BCUT2D eigenvalue weighted by molar-refractivity contribution is -0.138. The highest BCUT2D eigenvalue weighted by atomic mass is 127. The number of anilines is 1. The van der Waals surface area contributed by atoms with E-state index in [4.69, 9.17) is 32.7 Å². The highest BCUT2D eigenvalue weighted by Crippen LogP contribution is 2.67. The first-order valence-corrected chi connectivity index (χ1v) is 16.0. The van der Waals surface area contributed by atoms with Gasteiger partial charge in [-0.25, -0.2) is 0 Å². The van der Waals surface area contributed by atoms with Crippen LogP contribution in [0.3, 0.4) is 0 Å². The summed E-state index contributed by atoms with van der Waals surface area (Å²) in [6.45, 7) is 0. The van der Waals surface area contributed by atoms with Gasteiger partial charge in [-0.2, -0.15) is 0 Å². The van der Waals surface area contributed by atoms with Crippen molar-refractivity contribution in [2.24, 2.45) is 17.8 Å². The van der Waals surface area contributed by atoms with Gasteiger partial charge in [0.2, 0.25) is 11.8 Å². The molecule has 6 rings (SSSR count). The molecule has 13 heteroatoms. The fourth-order valence-corrected chi connectivity index (χ4v) is 8.89. The third kappa shape index (κ3) is 3.85. The number of imide groups is 2. The minimum Gasteiger partial charge on any atom is -0.508 e. The van der Waals surface area contributed by atoms with Gasteiger partial charge >= 0.3 is 0 Å². The highest BCUT2D eigenvalue weighted by molar-refractivity contribution is 14.1. The van der Waals surface area contributed by atoms with Gasteiger partial charge in [0.05, 0.1) is 37.2 Å². The van der Waals surface area contributed by atoms with Crippen LogP contribution in [0.2, 0.25) is 0 Å². The van der Waals surface area contributed by atoms with Crippen molar-refractivity contribution in [2.75, 3.05) is 24.6 Å². The second-order valence-corrected chi connectivity index (χ2v) is 13.7. The number of nitrogens with zero attached hydrogens (tertiary/aromatic N) is 2. The Morgan fingerprint density at radius 2 is 1.62 bits per heavy atom. The number of ether oxygens (including phenoxy) is 2. The number of fused-ring (bicyclic) bond motifs is 4. The number of aromatic hydroxyl groups is 1. The number of phenols is 1. The van der Waals surface area contributed by atoms with E-state index < -0.39 is 51.1 Å². The molecule has 1 saturated carbocycles. The van der Waals surface area contributed by atoms with Crippen LogP contribution in [0.4, 0.5) is 5.69 Å². The summed E-state index contributed by atoms with van der Waals surface area (Å²) in [7, 11) is 2.78. The van der Waals surface area contributed by atoms with Crippen molar-refractivity contribution in [1.29, 1.82) is 0 Å². The number of phenolic OH excluding ortho intramolecular Hbond substituents is 1. The van der Waals surface area contributed by atoms with Crippen LogP contribution in [-0.4, -0.2) is 63.1 Å². The van der Waals surface area contributed by atoms with Gasteiger partial charge in [-0.15, -0.1) is 23.2 Å². The number of allylic oxidation sites excluding steroid dienone is 2. The van der Waals surface area contributed by atoms with Crippen LogP contribution in [0.1, 0.15) is 24.3 Å². The lowest BCUT2D eigenvalue weighted by atomic mass is 9.56. The smallest absolute Gasteiger partial charge is 0.254 e. The Balaban J connectivity index is 1.57. The van der Waals surface area contributed by atoms with Gasteiger partial charge < -0.3 is 14.6 Å². The number of methoxy groups -OCH3 is 2. The van der Waals surface area contributed by atoms with Crippen molar-refractivity contribution in [3.05, 3.63) is 57.2 Å². The van der Waals surface area contributed by atoms with Gasteiger partial charge in [-0.05, 0) is 65.6 Å². The van der Waals surface area contributed by atoms with Gasteiger partial charge in [-0.1, -0.05) is 27.6 Å². The van der Waals surface area contributed by atoms with Crippen molar-refractivity contribution < 1.29 is 33.8 Å². The summed E-state index contributed by atoms with van der Waals surface area (Å²) < 4.78 is 12.2.